The molecule has 10 nitrogen and oxygen atoms in total. The van der Waals surface area contributed by atoms with E-state index in [-0.39, 0.29) is 47.4 Å². The number of carbonyl (C=O) groups excluding carboxylic acids is 3. The van der Waals surface area contributed by atoms with Gasteiger partial charge in [0.25, 0.3) is 0 Å². The Kier molecular flexibility index (Phi) is 9.94. The van der Waals surface area contributed by atoms with E-state index in [1.165, 1.54) is 12.1 Å². The average Bonchev–Trinajstić information content (AvgIpc) is 3.34. The number of aryl methyl sites for hydroxylation is 1. The summed E-state index contributed by atoms with van der Waals surface area (Å²) in [4.78, 5) is 42.2. The van der Waals surface area contributed by atoms with Crippen LogP contribution in [0.1, 0.15) is 38.2 Å². The number of hydrogen-bond acceptors (Lipinski definition) is 6. The monoisotopic (exact) mass is 570 g/mol. The van der Waals surface area contributed by atoms with Crippen LogP contribution in [0.3, 0.4) is 0 Å². The summed E-state index contributed by atoms with van der Waals surface area (Å²) in [7, 11) is -3.64. The molecule has 2 saturated heterocycles. The molecule has 2 aliphatic heterocycles. The molecule has 0 saturated carbocycles. The Hall–Kier alpha value is -3.28. The summed E-state index contributed by atoms with van der Waals surface area (Å²) in [6.45, 7) is 6.52. The Balaban J connectivity index is 1.23. The zero-order valence-electron chi connectivity index (χ0n) is 23.1. The van der Waals surface area contributed by atoms with Crippen LogP contribution in [0.15, 0.2) is 53.4 Å². The number of sulfonamides is 1. The highest BCUT2D eigenvalue weighted by Crippen LogP contribution is 2.28. The third-order valence-electron chi connectivity index (χ3n) is 7.39. The molecule has 2 aromatic carbocycles. The fraction of sp³-hybridized carbons (Fsp3) is 0.483. The fourth-order valence-corrected chi connectivity index (χ4v) is 6.11. The molecule has 1 unspecified atom stereocenters. The lowest BCUT2D eigenvalue weighted by Crippen LogP contribution is -2.44. The van der Waals surface area contributed by atoms with E-state index in [0.717, 1.165) is 11.3 Å². The second-order valence-corrected chi connectivity index (χ2v) is 12.1. The van der Waals surface area contributed by atoms with Gasteiger partial charge in [-0.3, -0.25) is 14.4 Å². The molecule has 2 aliphatic rings. The molecule has 11 heteroatoms. The highest BCUT2D eigenvalue weighted by molar-refractivity contribution is 7.89. The van der Waals surface area contributed by atoms with Crippen LogP contribution in [-0.4, -0.2) is 70.4 Å². The number of hydrogen-bond donors (Lipinski definition) is 2. The molecule has 0 bridgehead atoms. The lowest BCUT2D eigenvalue weighted by Gasteiger charge is -2.33. The van der Waals surface area contributed by atoms with Gasteiger partial charge in [-0.05, 0) is 69.5 Å². The first-order valence-electron chi connectivity index (χ1n) is 13.8. The normalized spacial score (nSPS) is 18.2. The lowest BCUT2D eigenvalue weighted by molar-refractivity contribution is -0.138. The molecule has 216 valence electrons. The van der Waals surface area contributed by atoms with Gasteiger partial charge in [0.1, 0.15) is 0 Å². The summed E-state index contributed by atoms with van der Waals surface area (Å²) in [6.07, 6.45) is 1.83. The number of piperidine rings is 1. The van der Waals surface area contributed by atoms with Crippen LogP contribution in [0, 0.1) is 18.8 Å². The Morgan fingerprint density at radius 1 is 1.00 bits per heavy atom. The molecule has 2 aromatic rings. The average molecular weight is 571 g/mol. The molecule has 2 N–H and O–H groups in total. The predicted molar refractivity (Wildman–Crippen MR) is 152 cm³/mol. The second kappa shape index (κ2) is 13.4. The Bertz CT molecular complexity index is 1290. The van der Waals surface area contributed by atoms with Gasteiger partial charge in [-0.15, -0.1) is 0 Å². The highest BCUT2D eigenvalue weighted by Gasteiger charge is 2.38. The maximum atomic E-state index is 13.2. The Labute approximate surface area is 236 Å². The van der Waals surface area contributed by atoms with E-state index in [2.05, 4.69) is 10.0 Å². The van der Waals surface area contributed by atoms with Crippen LogP contribution in [-0.2, 0) is 29.1 Å². The van der Waals surface area contributed by atoms with E-state index in [1.807, 2.05) is 38.1 Å². The molecule has 40 heavy (non-hydrogen) atoms. The molecule has 0 spiro atoms. The lowest BCUT2D eigenvalue weighted by atomic mass is 9.94. The molecule has 1 atom stereocenters. The van der Waals surface area contributed by atoms with Crippen molar-refractivity contribution in [1.29, 1.82) is 0 Å². The molecule has 2 heterocycles. The summed E-state index contributed by atoms with van der Waals surface area (Å²) in [6, 6.07) is 13.8. The van der Waals surface area contributed by atoms with Crippen molar-refractivity contribution in [3.63, 3.8) is 0 Å². The van der Waals surface area contributed by atoms with Crippen LogP contribution in [0.2, 0.25) is 0 Å². The molecular weight excluding hydrogens is 532 g/mol. The molecule has 0 aromatic heterocycles. The smallest absolute Gasteiger partial charge is 0.240 e. The zero-order valence-corrected chi connectivity index (χ0v) is 23.9. The minimum Gasteiger partial charge on any atom is -0.382 e. The van der Waals surface area contributed by atoms with E-state index in [4.69, 9.17) is 4.74 Å². The van der Waals surface area contributed by atoms with Crippen LogP contribution in [0.25, 0.3) is 0 Å². The number of amides is 3. The molecule has 4 rings (SSSR count). The van der Waals surface area contributed by atoms with Crippen molar-refractivity contribution in [2.75, 3.05) is 49.6 Å². The number of anilines is 2. The quantitative estimate of drug-likeness (QED) is 0.400. The molecular formula is C29H38N4O6S. The second-order valence-electron chi connectivity index (χ2n) is 10.3. The molecule has 3 amide bonds. The molecule has 2 fully saturated rings. The maximum Gasteiger partial charge on any atom is 0.240 e. The van der Waals surface area contributed by atoms with Crippen LogP contribution < -0.4 is 14.9 Å². The highest BCUT2D eigenvalue weighted by atomic mass is 32.2. The first kappa shape index (κ1) is 29.7. The van der Waals surface area contributed by atoms with Crippen LogP contribution in [0.4, 0.5) is 11.4 Å². The third-order valence-corrected chi connectivity index (χ3v) is 8.87. The fourth-order valence-electron chi connectivity index (χ4n) is 5.04. The van der Waals surface area contributed by atoms with Crippen molar-refractivity contribution in [1.82, 2.24) is 9.62 Å². The first-order valence-corrected chi connectivity index (χ1v) is 15.3. The van der Waals surface area contributed by atoms with Gasteiger partial charge in [-0.2, -0.15) is 0 Å². The van der Waals surface area contributed by atoms with E-state index in [0.29, 0.717) is 57.8 Å². The van der Waals surface area contributed by atoms with Crippen molar-refractivity contribution in [3.8, 4) is 0 Å². The van der Waals surface area contributed by atoms with E-state index in [9.17, 15) is 22.8 Å². The van der Waals surface area contributed by atoms with Crippen LogP contribution >= 0.6 is 0 Å². The predicted octanol–water partition coefficient (Wildman–Crippen LogP) is 2.93. The number of nitrogens with one attached hydrogen (secondary N) is 2. The van der Waals surface area contributed by atoms with E-state index in [1.54, 1.807) is 21.9 Å². The summed E-state index contributed by atoms with van der Waals surface area (Å²) in [5.74, 6) is -0.877. The van der Waals surface area contributed by atoms with Crippen molar-refractivity contribution in [2.24, 2.45) is 11.8 Å². The molecule has 0 aliphatic carbocycles. The summed E-state index contributed by atoms with van der Waals surface area (Å²) in [5, 5.41) is 2.86. The summed E-state index contributed by atoms with van der Waals surface area (Å²) < 4.78 is 32.7. The standard InChI is InChI=1S/C29H38N4O6S/c1-3-39-18-4-15-30-40(37,38)26-11-7-24(8-12-26)31-28(35)22-13-16-32(17-14-22)29(36)23-19-27(34)33(20-23)25-9-5-21(2)6-10-25/h5-12,22-23,30H,3-4,13-20H2,1-2H3,(H,31,35). The van der Waals surface area contributed by atoms with Gasteiger partial charge in [-0.25, -0.2) is 13.1 Å². The number of likely N-dealkylation sites (tertiary alicyclic amines) is 1. The SMILES string of the molecule is CCOCCCNS(=O)(=O)c1ccc(NC(=O)C2CCN(C(=O)C3CC(=O)N(c4ccc(C)cc4)C3)CC2)cc1. The zero-order chi connectivity index (χ0) is 28.7. The Morgan fingerprint density at radius 2 is 1.68 bits per heavy atom. The number of benzene rings is 2. The van der Waals surface area contributed by atoms with Gasteiger partial charge in [0.2, 0.25) is 27.7 Å². The number of carbonyl (C=O) groups is 3. The summed E-state index contributed by atoms with van der Waals surface area (Å²) >= 11 is 0. The topological polar surface area (TPSA) is 125 Å². The van der Waals surface area contributed by atoms with Gasteiger partial charge < -0.3 is 19.9 Å². The van der Waals surface area contributed by atoms with Gasteiger partial charge >= 0.3 is 0 Å². The largest absolute Gasteiger partial charge is 0.382 e. The van der Waals surface area contributed by atoms with Crippen LogP contribution in [0.5, 0.6) is 0 Å². The third kappa shape index (κ3) is 7.47. The van der Waals surface area contributed by atoms with Gasteiger partial charge in [0, 0.05) is 63.1 Å². The number of nitrogens with zero attached hydrogens (tertiary/aromatic N) is 2. The van der Waals surface area contributed by atoms with E-state index < -0.39 is 10.0 Å². The van der Waals surface area contributed by atoms with Gasteiger partial charge in [-0.1, -0.05) is 17.7 Å². The first-order chi connectivity index (χ1) is 19.2. The minimum absolute atomic E-state index is 0.0369. The van der Waals surface area contributed by atoms with Crippen molar-refractivity contribution < 1.29 is 27.5 Å². The minimum atomic E-state index is -3.64. The van der Waals surface area contributed by atoms with Crippen molar-refractivity contribution in [3.05, 3.63) is 54.1 Å². The van der Waals surface area contributed by atoms with Gasteiger partial charge in [0.15, 0.2) is 0 Å². The number of ether oxygens (including phenoxy) is 1. The Morgan fingerprint density at radius 3 is 2.33 bits per heavy atom. The number of rotatable bonds is 11. The van der Waals surface area contributed by atoms with Crippen molar-refractivity contribution in [2.45, 2.75) is 44.4 Å². The van der Waals surface area contributed by atoms with Gasteiger partial charge in [0.05, 0.1) is 10.8 Å². The molecule has 0 radical (unpaired) electrons. The summed E-state index contributed by atoms with van der Waals surface area (Å²) in [5.41, 5.74) is 2.43. The van der Waals surface area contributed by atoms with Crippen molar-refractivity contribution >= 4 is 39.1 Å². The maximum absolute atomic E-state index is 13.2. The van der Waals surface area contributed by atoms with E-state index >= 15 is 0 Å².